The molecule has 2 aromatic rings. The third-order valence-electron chi connectivity index (χ3n) is 3.90. The van der Waals surface area contributed by atoms with Gasteiger partial charge in [0.1, 0.15) is 0 Å². The fourth-order valence-electron chi connectivity index (χ4n) is 2.86. The lowest BCUT2D eigenvalue weighted by Crippen LogP contribution is -2.34. The zero-order valence-electron chi connectivity index (χ0n) is 11.7. The van der Waals surface area contributed by atoms with Crippen molar-refractivity contribution in [2.24, 2.45) is 0 Å². The van der Waals surface area contributed by atoms with E-state index in [9.17, 15) is 8.78 Å². The van der Waals surface area contributed by atoms with E-state index in [4.69, 9.17) is 0 Å². The Morgan fingerprint density at radius 1 is 1.19 bits per heavy atom. The zero-order valence-corrected chi connectivity index (χ0v) is 11.7. The van der Waals surface area contributed by atoms with Crippen LogP contribution in [-0.4, -0.2) is 28.0 Å². The summed E-state index contributed by atoms with van der Waals surface area (Å²) >= 11 is 0. The van der Waals surface area contributed by atoms with Gasteiger partial charge in [-0.2, -0.15) is 0 Å². The van der Waals surface area contributed by atoms with Crippen molar-refractivity contribution in [3.63, 3.8) is 0 Å². The quantitative estimate of drug-likeness (QED) is 0.869. The third-order valence-corrected chi connectivity index (χ3v) is 3.90. The predicted octanol–water partition coefficient (Wildman–Crippen LogP) is 3.13. The first kappa shape index (κ1) is 14.1. The fourth-order valence-corrected chi connectivity index (χ4v) is 2.86. The number of piperidine rings is 1. The standard InChI is InChI=1S/C16H17F2N3/c17-14-4-3-12(8-15(14)18)10-21-7-1-2-13(11-21)16-9-19-5-6-20-16/h3-6,8-9,13H,1-2,7,10-11H2/t13-/m1/s1. The molecule has 0 N–H and O–H groups in total. The molecule has 0 spiro atoms. The highest BCUT2D eigenvalue weighted by Crippen LogP contribution is 2.26. The van der Waals surface area contributed by atoms with Gasteiger partial charge in [-0.1, -0.05) is 6.07 Å². The Hall–Kier alpha value is -1.88. The molecule has 0 bridgehead atoms. The van der Waals surface area contributed by atoms with Gasteiger partial charge < -0.3 is 0 Å². The summed E-state index contributed by atoms with van der Waals surface area (Å²) in [5.74, 6) is -1.22. The zero-order chi connectivity index (χ0) is 14.7. The topological polar surface area (TPSA) is 29.0 Å². The number of aromatic nitrogens is 2. The summed E-state index contributed by atoms with van der Waals surface area (Å²) in [5, 5.41) is 0. The second kappa shape index (κ2) is 6.26. The number of likely N-dealkylation sites (tertiary alicyclic amines) is 1. The summed E-state index contributed by atoms with van der Waals surface area (Å²) in [7, 11) is 0. The van der Waals surface area contributed by atoms with Gasteiger partial charge in [0.2, 0.25) is 0 Å². The van der Waals surface area contributed by atoms with E-state index in [-0.39, 0.29) is 0 Å². The summed E-state index contributed by atoms with van der Waals surface area (Å²) in [6.07, 6.45) is 7.36. The van der Waals surface area contributed by atoms with Gasteiger partial charge >= 0.3 is 0 Å². The maximum Gasteiger partial charge on any atom is 0.159 e. The summed E-state index contributed by atoms with van der Waals surface area (Å²) in [5.41, 5.74) is 1.81. The molecule has 1 saturated heterocycles. The fraction of sp³-hybridized carbons (Fsp3) is 0.375. The molecular formula is C16H17F2N3. The molecule has 0 amide bonds. The molecule has 0 unspecified atom stereocenters. The molecule has 0 aliphatic carbocycles. The molecule has 1 fully saturated rings. The van der Waals surface area contributed by atoms with Crippen LogP contribution in [0.4, 0.5) is 8.78 Å². The number of halogens is 2. The van der Waals surface area contributed by atoms with Crippen molar-refractivity contribution >= 4 is 0 Å². The van der Waals surface area contributed by atoms with Crippen LogP contribution in [-0.2, 0) is 6.54 Å². The number of rotatable bonds is 3. The minimum Gasteiger partial charge on any atom is -0.298 e. The van der Waals surface area contributed by atoms with E-state index in [0.717, 1.165) is 37.2 Å². The van der Waals surface area contributed by atoms with Crippen LogP contribution in [0.2, 0.25) is 0 Å². The van der Waals surface area contributed by atoms with Crippen molar-refractivity contribution in [3.8, 4) is 0 Å². The Morgan fingerprint density at radius 3 is 2.86 bits per heavy atom. The second-order valence-electron chi connectivity index (χ2n) is 5.45. The van der Waals surface area contributed by atoms with Crippen molar-refractivity contribution < 1.29 is 8.78 Å². The third kappa shape index (κ3) is 3.42. The first-order valence-corrected chi connectivity index (χ1v) is 7.14. The SMILES string of the molecule is Fc1ccc(CN2CCC[C@@H](c3cnccn3)C2)cc1F. The van der Waals surface area contributed by atoms with Crippen molar-refractivity contribution in [2.75, 3.05) is 13.1 Å². The molecule has 2 heterocycles. The van der Waals surface area contributed by atoms with Gasteiger partial charge in [0.05, 0.1) is 5.69 Å². The van der Waals surface area contributed by atoms with Crippen molar-refractivity contribution in [2.45, 2.75) is 25.3 Å². The lowest BCUT2D eigenvalue weighted by Gasteiger charge is -2.32. The average Bonchev–Trinajstić information content (AvgIpc) is 2.52. The van der Waals surface area contributed by atoms with Gasteiger partial charge in [0.25, 0.3) is 0 Å². The first-order chi connectivity index (χ1) is 10.2. The second-order valence-corrected chi connectivity index (χ2v) is 5.45. The van der Waals surface area contributed by atoms with Crippen LogP contribution in [0, 0.1) is 11.6 Å². The summed E-state index contributed by atoms with van der Waals surface area (Å²) in [6.45, 7) is 2.47. The molecule has 5 heteroatoms. The Bertz CT molecular complexity index is 604. The minimum atomic E-state index is -0.796. The van der Waals surface area contributed by atoms with Gasteiger partial charge in [-0.15, -0.1) is 0 Å². The van der Waals surface area contributed by atoms with Crippen LogP contribution >= 0.6 is 0 Å². The van der Waals surface area contributed by atoms with Gasteiger partial charge in [0.15, 0.2) is 11.6 Å². The maximum atomic E-state index is 13.3. The largest absolute Gasteiger partial charge is 0.298 e. The highest BCUT2D eigenvalue weighted by Gasteiger charge is 2.22. The molecule has 1 aliphatic heterocycles. The minimum absolute atomic E-state index is 0.359. The maximum absolute atomic E-state index is 13.3. The predicted molar refractivity (Wildman–Crippen MR) is 75.6 cm³/mol. The van der Waals surface area contributed by atoms with Gasteiger partial charge in [-0.25, -0.2) is 8.78 Å². The van der Waals surface area contributed by atoms with Crippen LogP contribution in [0.3, 0.4) is 0 Å². The van der Waals surface area contributed by atoms with Crippen molar-refractivity contribution in [1.82, 2.24) is 14.9 Å². The summed E-state index contributed by atoms with van der Waals surface area (Å²) in [6, 6.07) is 4.11. The normalized spacial score (nSPS) is 19.6. The first-order valence-electron chi connectivity index (χ1n) is 7.14. The Kier molecular flexibility index (Phi) is 4.20. The molecule has 0 saturated carbocycles. The van der Waals surface area contributed by atoms with E-state index in [1.807, 2.05) is 6.20 Å². The highest BCUT2D eigenvalue weighted by atomic mass is 19.2. The lowest BCUT2D eigenvalue weighted by molar-refractivity contribution is 0.198. The highest BCUT2D eigenvalue weighted by molar-refractivity contribution is 5.18. The van der Waals surface area contributed by atoms with E-state index in [1.165, 1.54) is 12.1 Å². The molecule has 1 aromatic carbocycles. The molecule has 3 rings (SSSR count). The molecule has 110 valence electrons. The Morgan fingerprint density at radius 2 is 2.10 bits per heavy atom. The average molecular weight is 289 g/mol. The van der Waals surface area contributed by atoms with Gasteiger partial charge in [-0.05, 0) is 37.1 Å². The van der Waals surface area contributed by atoms with E-state index < -0.39 is 11.6 Å². The van der Waals surface area contributed by atoms with Crippen LogP contribution in [0.25, 0.3) is 0 Å². The number of hydrogen-bond donors (Lipinski definition) is 0. The van der Waals surface area contributed by atoms with E-state index in [0.29, 0.717) is 12.5 Å². The van der Waals surface area contributed by atoms with Crippen LogP contribution in [0.5, 0.6) is 0 Å². The number of nitrogens with zero attached hydrogens (tertiary/aromatic N) is 3. The van der Waals surface area contributed by atoms with Crippen LogP contribution in [0.15, 0.2) is 36.8 Å². The van der Waals surface area contributed by atoms with Crippen LogP contribution in [0.1, 0.15) is 30.0 Å². The molecule has 21 heavy (non-hydrogen) atoms. The number of hydrogen-bond acceptors (Lipinski definition) is 3. The lowest BCUT2D eigenvalue weighted by atomic mass is 9.94. The number of benzene rings is 1. The molecular weight excluding hydrogens is 272 g/mol. The summed E-state index contributed by atoms with van der Waals surface area (Å²) < 4.78 is 26.2. The van der Waals surface area contributed by atoms with Gasteiger partial charge in [-0.3, -0.25) is 14.9 Å². The van der Waals surface area contributed by atoms with E-state index >= 15 is 0 Å². The summed E-state index contributed by atoms with van der Waals surface area (Å²) in [4.78, 5) is 10.7. The van der Waals surface area contributed by atoms with Crippen molar-refractivity contribution in [1.29, 1.82) is 0 Å². The van der Waals surface area contributed by atoms with Crippen LogP contribution < -0.4 is 0 Å². The van der Waals surface area contributed by atoms with E-state index in [2.05, 4.69) is 14.9 Å². The molecule has 1 atom stereocenters. The molecule has 1 aromatic heterocycles. The molecule has 3 nitrogen and oxygen atoms in total. The van der Waals surface area contributed by atoms with Crippen molar-refractivity contribution in [3.05, 3.63) is 59.7 Å². The van der Waals surface area contributed by atoms with E-state index in [1.54, 1.807) is 18.5 Å². The Balaban J connectivity index is 1.67. The Labute approximate surface area is 122 Å². The molecule has 1 aliphatic rings. The van der Waals surface area contributed by atoms with Gasteiger partial charge in [0, 0.05) is 37.6 Å². The smallest absolute Gasteiger partial charge is 0.159 e. The molecule has 0 radical (unpaired) electrons. The monoisotopic (exact) mass is 289 g/mol.